The Morgan fingerprint density at radius 1 is 0.284 bits per heavy atom. The molecule has 0 aromatic rings. The van der Waals surface area contributed by atoms with Crippen LogP contribution in [0.2, 0.25) is 0 Å². The van der Waals surface area contributed by atoms with E-state index in [0.717, 1.165) is 148 Å². The van der Waals surface area contributed by atoms with Gasteiger partial charge in [0.05, 0.1) is 0 Å². The second-order valence-corrected chi connectivity index (χ2v) is 19.9. The van der Waals surface area contributed by atoms with Crippen molar-refractivity contribution in [2.45, 2.75) is 277 Å². The van der Waals surface area contributed by atoms with Gasteiger partial charge in [-0.15, -0.1) is 0 Å². The molecule has 1 unspecified atom stereocenters. The van der Waals surface area contributed by atoms with Crippen molar-refractivity contribution in [3.8, 4) is 0 Å². The second-order valence-electron chi connectivity index (χ2n) is 19.9. The van der Waals surface area contributed by atoms with Gasteiger partial charge in [0.15, 0.2) is 6.10 Å². The maximum atomic E-state index is 12.8. The minimum Gasteiger partial charge on any atom is -0.462 e. The molecule has 0 saturated heterocycles. The average molecular weight is 1030 g/mol. The van der Waals surface area contributed by atoms with E-state index in [4.69, 9.17) is 14.2 Å². The third-order valence-electron chi connectivity index (χ3n) is 12.7. The minimum absolute atomic E-state index is 0.0881. The molecule has 420 valence electrons. The third-order valence-corrected chi connectivity index (χ3v) is 12.7. The smallest absolute Gasteiger partial charge is 0.306 e. The van der Waals surface area contributed by atoms with E-state index in [1.165, 1.54) is 83.5 Å². The van der Waals surface area contributed by atoms with Crippen molar-refractivity contribution in [2.75, 3.05) is 13.2 Å². The van der Waals surface area contributed by atoms with E-state index >= 15 is 0 Å². The first-order valence-corrected chi connectivity index (χ1v) is 30.5. The Morgan fingerprint density at radius 3 is 0.838 bits per heavy atom. The van der Waals surface area contributed by atoms with E-state index in [1.807, 2.05) is 0 Å². The van der Waals surface area contributed by atoms with Crippen LogP contribution >= 0.6 is 0 Å². The molecule has 0 aromatic heterocycles. The molecule has 0 N–H and O–H groups in total. The topological polar surface area (TPSA) is 78.9 Å². The summed E-state index contributed by atoms with van der Waals surface area (Å²) in [5.74, 6) is -0.923. The number of hydrogen-bond donors (Lipinski definition) is 0. The zero-order chi connectivity index (χ0) is 53.6. The van der Waals surface area contributed by atoms with Crippen LogP contribution in [0.5, 0.6) is 0 Å². The van der Waals surface area contributed by atoms with Crippen molar-refractivity contribution in [1.82, 2.24) is 0 Å². The molecule has 6 heteroatoms. The van der Waals surface area contributed by atoms with Crippen LogP contribution in [-0.2, 0) is 28.6 Å². The Hall–Kier alpha value is -4.19. The number of hydrogen-bond acceptors (Lipinski definition) is 6. The summed E-state index contributed by atoms with van der Waals surface area (Å²) in [7, 11) is 0. The molecule has 0 aliphatic rings. The molecule has 0 aliphatic heterocycles. The van der Waals surface area contributed by atoms with Gasteiger partial charge >= 0.3 is 17.9 Å². The Labute approximate surface area is 456 Å². The maximum absolute atomic E-state index is 12.8. The van der Waals surface area contributed by atoms with Crippen LogP contribution in [0.1, 0.15) is 271 Å². The lowest BCUT2D eigenvalue weighted by atomic mass is 10.1. The Bertz CT molecular complexity index is 1550. The van der Waals surface area contributed by atoms with Gasteiger partial charge in [-0.25, -0.2) is 0 Å². The minimum atomic E-state index is -0.790. The number of allylic oxidation sites excluding steroid dienone is 20. The van der Waals surface area contributed by atoms with Crippen molar-refractivity contribution < 1.29 is 28.6 Å². The SMILES string of the molecule is CC/C=C\C/C=C\C/C=C\C/C=C\C/C=C\C/C=C\C/C=C\C/C=C\C/C=C\CCCCCCCC(=O)OCC(COC(=O)CCCCCCCCC)OC(=O)CCCCCCC/C=C\CCCCCCCCC. The molecule has 0 heterocycles. The lowest BCUT2D eigenvalue weighted by Crippen LogP contribution is -2.30. The van der Waals surface area contributed by atoms with E-state index in [0.29, 0.717) is 19.3 Å². The molecule has 0 saturated carbocycles. The van der Waals surface area contributed by atoms with Crippen LogP contribution in [0.3, 0.4) is 0 Å². The van der Waals surface area contributed by atoms with Crippen molar-refractivity contribution >= 4 is 17.9 Å². The van der Waals surface area contributed by atoms with Crippen LogP contribution in [0, 0.1) is 0 Å². The average Bonchev–Trinajstić information content (AvgIpc) is 3.40. The molecule has 0 spiro atoms. The first-order valence-electron chi connectivity index (χ1n) is 30.5. The quantitative estimate of drug-likeness (QED) is 0.0261. The number of carbonyl (C=O) groups excluding carboxylic acids is 3. The molecule has 0 amide bonds. The first kappa shape index (κ1) is 69.8. The van der Waals surface area contributed by atoms with Gasteiger partial charge in [-0.2, -0.15) is 0 Å². The third kappa shape index (κ3) is 58.7. The summed E-state index contributed by atoms with van der Waals surface area (Å²) in [4.78, 5) is 38.0. The summed E-state index contributed by atoms with van der Waals surface area (Å²) in [6.45, 7) is 6.46. The highest BCUT2D eigenvalue weighted by atomic mass is 16.6. The molecule has 0 bridgehead atoms. The summed E-state index contributed by atoms with van der Waals surface area (Å²) in [6, 6.07) is 0. The van der Waals surface area contributed by atoms with E-state index < -0.39 is 6.10 Å². The normalized spacial score (nSPS) is 13.0. The van der Waals surface area contributed by atoms with Gasteiger partial charge < -0.3 is 14.2 Å². The fraction of sp³-hybridized carbons (Fsp3) is 0.662. The Kier molecular flexibility index (Phi) is 57.9. The van der Waals surface area contributed by atoms with Crippen LogP contribution in [0.4, 0.5) is 0 Å². The number of unbranched alkanes of at least 4 members (excludes halogenated alkanes) is 23. The molecule has 6 nitrogen and oxygen atoms in total. The van der Waals surface area contributed by atoms with Crippen molar-refractivity contribution in [3.05, 3.63) is 122 Å². The molecule has 1 atom stereocenters. The highest BCUT2D eigenvalue weighted by Crippen LogP contribution is 2.14. The lowest BCUT2D eigenvalue weighted by molar-refractivity contribution is -0.167. The summed E-state index contributed by atoms with van der Waals surface area (Å²) in [5, 5.41) is 0. The molecule has 0 aliphatic carbocycles. The van der Waals surface area contributed by atoms with Gasteiger partial charge in [-0.3, -0.25) is 14.4 Å². The van der Waals surface area contributed by atoms with Gasteiger partial charge in [0.2, 0.25) is 0 Å². The largest absolute Gasteiger partial charge is 0.462 e. The zero-order valence-electron chi connectivity index (χ0n) is 48.1. The van der Waals surface area contributed by atoms with Crippen LogP contribution in [-0.4, -0.2) is 37.2 Å². The van der Waals surface area contributed by atoms with E-state index in [2.05, 4.69) is 142 Å². The van der Waals surface area contributed by atoms with Crippen LogP contribution in [0.15, 0.2) is 122 Å². The van der Waals surface area contributed by atoms with Crippen molar-refractivity contribution in [2.24, 2.45) is 0 Å². The standard InChI is InChI=1S/C68H112O6/c1-4-7-10-13-16-18-20-22-24-26-27-28-29-30-31-32-33-34-35-36-37-38-39-40-41-42-44-45-47-49-52-55-58-61-67(70)73-64-65(63-72-66(69)60-57-54-51-15-12-9-6-3)74-68(71)62-59-56-53-50-48-46-43-25-23-21-19-17-14-11-8-5-2/h7,10,16,18,22,24-25,27-28,30-31,33-34,36-37,39-40,42-44,65H,4-6,8-9,11-15,17,19-21,23,26,29,32,35,38,41,45-64H2,1-3H3/b10-7-,18-16-,24-22-,28-27-,31-30-,34-33-,37-36-,40-39-,43-25-,44-42-. The van der Waals surface area contributed by atoms with Crippen LogP contribution < -0.4 is 0 Å². The Morgan fingerprint density at radius 2 is 0.527 bits per heavy atom. The first-order chi connectivity index (χ1) is 36.5. The predicted molar refractivity (Wildman–Crippen MR) is 320 cm³/mol. The van der Waals surface area contributed by atoms with E-state index in [1.54, 1.807) is 0 Å². The monoisotopic (exact) mass is 1020 g/mol. The van der Waals surface area contributed by atoms with Gasteiger partial charge in [-0.05, 0) is 116 Å². The summed E-state index contributed by atoms with van der Waals surface area (Å²) in [6.07, 6.45) is 85.1. The molecule has 0 rings (SSSR count). The van der Waals surface area contributed by atoms with Crippen LogP contribution in [0.25, 0.3) is 0 Å². The molecule has 74 heavy (non-hydrogen) atoms. The van der Waals surface area contributed by atoms with E-state index in [-0.39, 0.29) is 31.1 Å². The number of ether oxygens (including phenoxy) is 3. The fourth-order valence-electron chi connectivity index (χ4n) is 8.13. The zero-order valence-corrected chi connectivity index (χ0v) is 48.1. The molecule has 0 fully saturated rings. The van der Waals surface area contributed by atoms with Crippen molar-refractivity contribution in [3.63, 3.8) is 0 Å². The highest BCUT2D eigenvalue weighted by molar-refractivity contribution is 5.71. The van der Waals surface area contributed by atoms with E-state index in [9.17, 15) is 14.4 Å². The van der Waals surface area contributed by atoms with Gasteiger partial charge in [0, 0.05) is 19.3 Å². The maximum Gasteiger partial charge on any atom is 0.306 e. The number of carbonyl (C=O) groups is 3. The molecular weight excluding hydrogens is 913 g/mol. The van der Waals surface area contributed by atoms with Gasteiger partial charge in [0.1, 0.15) is 13.2 Å². The Balaban J connectivity index is 4.20. The molecular formula is C68H112O6. The number of rotatable bonds is 54. The van der Waals surface area contributed by atoms with Crippen molar-refractivity contribution in [1.29, 1.82) is 0 Å². The number of esters is 3. The predicted octanol–water partition coefficient (Wildman–Crippen LogP) is 20.8. The summed E-state index contributed by atoms with van der Waals surface area (Å²) >= 11 is 0. The molecule has 0 radical (unpaired) electrons. The second kappa shape index (κ2) is 61.4. The summed E-state index contributed by atoms with van der Waals surface area (Å²) in [5.41, 5.74) is 0. The van der Waals surface area contributed by atoms with Gasteiger partial charge in [0.25, 0.3) is 0 Å². The summed E-state index contributed by atoms with van der Waals surface area (Å²) < 4.78 is 16.8. The van der Waals surface area contributed by atoms with Gasteiger partial charge in [-0.1, -0.05) is 258 Å². The molecule has 0 aromatic carbocycles. The fourth-order valence-corrected chi connectivity index (χ4v) is 8.13. The lowest BCUT2D eigenvalue weighted by Gasteiger charge is -2.18. The highest BCUT2D eigenvalue weighted by Gasteiger charge is 2.19.